The van der Waals surface area contributed by atoms with Crippen molar-refractivity contribution in [2.24, 2.45) is 5.92 Å². The molecule has 0 aliphatic carbocycles. The molecule has 4 nitrogen and oxygen atoms in total. The minimum atomic E-state index is -0.266. The third-order valence-corrected chi connectivity index (χ3v) is 5.76. The van der Waals surface area contributed by atoms with Crippen molar-refractivity contribution in [3.05, 3.63) is 29.8 Å². The zero-order chi connectivity index (χ0) is 16.3. The summed E-state index contributed by atoms with van der Waals surface area (Å²) in [6.07, 6.45) is 6.34. The quantitative estimate of drug-likeness (QED) is 0.379. The van der Waals surface area contributed by atoms with Gasteiger partial charge < -0.3 is 37.9 Å². The average Bonchev–Trinajstić information content (AvgIpc) is 2.58. The van der Waals surface area contributed by atoms with Gasteiger partial charge in [0.25, 0.3) is 0 Å². The second-order valence-corrected chi connectivity index (χ2v) is 7.19. The molecule has 134 valence electrons. The Morgan fingerprint density at radius 1 is 1.17 bits per heavy atom. The Hall–Kier alpha value is -0.820. The van der Waals surface area contributed by atoms with Gasteiger partial charge in [-0.25, -0.2) is 4.79 Å². The largest absolute Gasteiger partial charge is 1.00 e. The molecule has 5 heteroatoms. The number of hydrogen-bond donors (Lipinski definition) is 0. The molecule has 1 aromatic rings. The summed E-state index contributed by atoms with van der Waals surface area (Å²) in [7, 11) is 3.97. The second kappa shape index (κ2) is 8.52. The van der Waals surface area contributed by atoms with Crippen LogP contribution in [0.15, 0.2) is 24.3 Å². The zero-order valence-electron chi connectivity index (χ0n) is 14.7. The van der Waals surface area contributed by atoms with Crippen molar-refractivity contribution in [1.82, 2.24) is 0 Å². The van der Waals surface area contributed by atoms with Crippen molar-refractivity contribution in [3.63, 3.8) is 0 Å². The summed E-state index contributed by atoms with van der Waals surface area (Å²) in [5.74, 6) is 0.810. The maximum Gasteiger partial charge on any atom is 0.341 e. The van der Waals surface area contributed by atoms with E-state index in [2.05, 4.69) is 7.05 Å². The van der Waals surface area contributed by atoms with Crippen LogP contribution in [0.4, 0.5) is 0 Å². The molecule has 2 fully saturated rings. The van der Waals surface area contributed by atoms with Crippen molar-refractivity contribution in [3.8, 4) is 5.75 Å². The van der Waals surface area contributed by atoms with E-state index >= 15 is 0 Å². The lowest BCUT2D eigenvalue weighted by molar-refractivity contribution is -0.947. The number of carbonyl (C=O) groups is 1. The molecule has 3 atom stereocenters. The lowest BCUT2D eigenvalue weighted by Gasteiger charge is -2.51. The molecule has 2 aliphatic rings. The van der Waals surface area contributed by atoms with Crippen molar-refractivity contribution >= 4 is 5.97 Å². The van der Waals surface area contributed by atoms with Gasteiger partial charge in [-0.1, -0.05) is 12.1 Å². The van der Waals surface area contributed by atoms with Gasteiger partial charge in [-0.2, -0.15) is 0 Å². The number of fused-ring (bicyclic) bond motifs is 1. The molecular weight excluding hydrogens is 417 g/mol. The first-order valence-corrected chi connectivity index (χ1v) is 8.78. The number of rotatable bonds is 4. The van der Waals surface area contributed by atoms with Crippen LogP contribution in [-0.4, -0.2) is 50.3 Å². The Kier molecular flexibility index (Phi) is 6.92. The first-order valence-electron chi connectivity index (χ1n) is 8.78. The summed E-state index contributed by atoms with van der Waals surface area (Å²) in [6, 6.07) is 7.92. The number of benzene rings is 1. The first-order chi connectivity index (χ1) is 11.1. The number of quaternary nitrogens is 1. The van der Waals surface area contributed by atoms with Gasteiger partial charge in [-0.3, -0.25) is 0 Å². The Balaban J connectivity index is 0.00000208. The van der Waals surface area contributed by atoms with Crippen LogP contribution in [0.25, 0.3) is 0 Å². The Morgan fingerprint density at radius 2 is 1.92 bits per heavy atom. The number of ether oxygens (including phenoxy) is 2. The lowest BCUT2D eigenvalue weighted by atomic mass is 9.82. The molecule has 0 N–H and O–H groups in total. The van der Waals surface area contributed by atoms with E-state index in [0.717, 1.165) is 0 Å². The fourth-order valence-electron chi connectivity index (χ4n) is 4.50. The van der Waals surface area contributed by atoms with E-state index in [-0.39, 0.29) is 29.9 Å². The van der Waals surface area contributed by atoms with Crippen LogP contribution in [0, 0.1) is 5.92 Å². The zero-order valence-corrected chi connectivity index (χ0v) is 16.8. The fraction of sp³-hybridized carbons (Fsp3) is 0.632. The van der Waals surface area contributed by atoms with E-state index in [0.29, 0.717) is 29.9 Å². The van der Waals surface area contributed by atoms with Gasteiger partial charge in [0.05, 0.1) is 33.3 Å². The van der Waals surface area contributed by atoms with E-state index in [4.69, 9.17) is 9.47 Å². The monoisotopic (exact) mass is 445 g/mol. The number of methoxy groups -OCH3 is 1. The summed E-state index contributed by atoms with van der Waals surface area (Å²) >= 11 is 0. The molecule has 1 unspecified atom stereocenters. The van der Waals surface area contributed by atoms with Crippen LogP contribution in [0.3, 0.4) is 0 Å². The van der Waals surface area contributed by atoms with E-state index in [9.17, 15) is 4.79 Å². The van der Waals surface area contributed by atoms with E-state index < -0.39 is 0 Å². The smallest absolute Gasteiger partial charge is 0.341 e. The Morgan fingerprint density at radius 3 is 2.71 bits per heavy atom. The molecule has 0 radical (unpaired) electrons. The highest BCUT2D eigenvalue weighted by Crippen LogP contribution is 2.36. The summed E-state index contributed by atoms with van der Waals surface area (Å²) in [5, 5.41) is 0. The number of para-hydroxylation sites is 1. The molecule has 0 saturated carbocycles. The summed E-state index contributed by atoms with van der Waals surface area (Å²) in [4.78, 5) is 12.4. The summed E-state index contributed by atoms with van der Waals surface area (Å²) in [5.41, 5.74) is 0.520. The molecule has 3 rings (SSSR count). The Labute approximate surface area is 162 Å². The summed E-state index contributed by atoms with van der Waals surface area (Å²) < 4.78 is 12.1. The van der Waals surface area contributed by atoms with E-state index in [1.807, 2.05) is 12.1 Å². The molecule has 2 saturated heterocycles. The van der Waals surface area contributed by atoms with Crippen LogP contribution in [-0.2, 0) is 4.74 Å². The minimum absolute atomic E-state index is 0. The molecular formula is C19H28INO3. The predicted octanol–water partition coefficient (Wildman–Crippen LogP) is 0.265. The molecule has 0 aromatic heterocycles. The molecule has 0 bridgehead atoms. The van der Waals surface area contributed by atoms with Crippen molar-refractivity contribution < 1.29 is 42.7 Å². The lowest BCUT2D eigenvalue weighted by Crippen LogP contribution is -3.00. The number of carbonyl (C=O) groups excluding carboxylic acids is 1. The predicted molar refractivity (Wildman–Crippen MR) is 89.6 cm³/mol. The van der Waals surface area contributed by atoms with Crippen LogP contribution < -0.4 is 28.7 Å². The first kappa shape index (κ1) is 19.5. The van der Waals surface area contributed by atoms with Crippen molar-refractivity contribution in [2.75, 3.05) is 33.9 Å². The van der Waals surface area contributed by atoms with Gasteiger partial charge in [0.1, 0.15) is 17.9 Å². The highest BCUT2D eigenvalue weighted by atomic mass is 127. The van der Waals surface area contributed by atoms with Gasteiger partial charge in [0.2, 0.25) is 0 Å². The van der Waals surface area contributed by atoms with Crippen LogP contribution in [0.5, 0.6) is 5.75 Å². The SMILES string of the molecule is COc1ccccc1C(=O)OC[C@@H]1CCC[N+]2(C)CCCC[C@H]12.[I-]. The van der Waals surface area contributed by atoms with Gasteiger partial charge >= 0.3 is 5.97 Å². The molecule has 0 spiro atoms. The number of halogens is 1. The molecule has 0 amide bonds. The fourth-order valence-corrected chi connectivity index (χ4v) is 4.50. The van der Waals surface area contributed by atoms with Gasteiger partial charge in [-0.15, -0.1) is 0 Å². The van der Waals surface area contributed by atoms with Crippen LogP contribution in [0.1, 0.15) is 42.5 Å². The van der Waals surface area contributed by atoms with Crippen molar-refractivity contribution in [1.29, 1.82) is 0 Å². The van der Waals surface area contributed by atoms with Crippen molar-refractivity contribution in [2.45, 2.75) is 38.1 Å². The second-order valence-electron chi connectivity index (χ2n) is 7.19. The topological polar surface area (TPSA) is 35.5 Å². The minimum Gasteiger partial charge on any atom is -1.00 e. The molecule has 1 aromatic carbocycles. The highest BCUT2D eigenvalue weighted by molar-refractivity contribution is 5.92. The molecule has 2 heterocycles. The maximum atomic E-state index is 12.4. The number of hydrogen-bond acceptors (Lipinski definition) is 3. The number of piperidine rings is 2. The standard InChI is InChI=1S/C19H28NO3.HI/c1-20-12-6-5-10-17(20)15(8-7-13-20)14-23-19(21)16-9-3-4-11-18(16)22-2;/h3-4,9,11,15,17H,5-8,10,12-14H2,1-2H3;1H/q+1;/p-1/t15-,17+,20?;/m0./s1. The van der Waals surface area contributed by atoms with Crippen LogP contribution in [0.2, 0.25) is 0 Å². The van der Waals surface area contributed by atoms with E-state index in [1.54, 1.807) is 19.2 Å². The van der Waals surface area contributed by atoms with Crippen LogP contribution >= 0.6 is 0 Å². The Bertz CT molecular complexity index is 561. The van der Waals surface area contributed by atoms with Gasteiger partial charge in [0, 0.05) is 12.3 Å². The number of nitrogens with zero attached hydrogens (tertiary/aromatic N) is 1. The summed E-state index contributed by atoms with van der Waals surface area (Å²) in [6.45, 7) is 3.10. The van der Waals surface area contributed by atoms with Gasteiger partial charge in [0.15, 0.2) is 0 Å². The maximum absolute atomic E-state index is 12.4. The van der Waals surface area contributed by atoms with E-state index in [1.165, 1.54) is 49.7 Å². The average molecular weight is 445 g/mol. The van der Waals surface area contributed by atoms with Gasteiger partial charge in [-0.05, 0) is 37.8 Å². The third-order valence-electron chi connectivity index (χ3n) is 5.76. The third kappa shape index (κ3) is 4.04. The molecule has 24 heavy (non-hydrogen) atoms. The highest BCUT2D eigenvalue weighted by Gasteiger charge is 2.43. The normalized spacial score (nSPS) is 29.1. The number of esters is 1. The molecule has 2 aliphatic heterocycles.